The fraction of sp³-hybridized carbons (Fsp3) is 0.889. The third kappa shape index (κ3) is 7.01. The van der Waals surface area contributed by atoms with E-state index in [1.807, 2.05) is 16.7 Å². The maximum atomic E-state index is 12.3. The number of carbonyl (C=O) groups excluding carboxylic acids is 2. The molecule has 0 spiro atoms. The molecular formula is C18H33N3O2S. The lowest BCUT2D eigenvalue weighted by Crippen LogP contribution is -2.49. The molecule has 0 aromatic carbocycles. The molecule has 1 N–H and O–H groups in total. The Labute approximate surface area is 150 Å². The molecule has 2 aliphatic rings. The van der Waals surface area contributed by atoms with Gasteiger partial charge < -0.3 is 10.2 Å². The normalized spacial score (nSPS) is 20.6. The summed E-state index contributed by atoms with van der Waals surface area (Å²) < 4.78 is 0. The Kier molecular flexibility index (Phi) is 8.95. The molecule has 24 heavy (non-hydrogen) atoms. The summed E-state index contributed by atoms with van der Waals surface area (Å²) in [4.78, 5) is 28.7. The maximum absolute atomic E-state index is 12.3. The fourth-order valence-corrected chi connectivity index (χ4v) is 3.98. The zero-order valence-corrected chi connectivity index (χ0v) is 15.9. The molecule has 2 amide bonds. The molecule has 1 saturated carbocycles. The highest BCUT2D eigenvalue weighted by Gasteiger charge is 2.21. The van der Waals surface area contributed by atoms with Gasteiger partial charge in [0.25, 0.3) is 0 Å². The first-order chi connectivity index (χ1) is 11.7. The number of hydrogen-bond donors (Lipinski definition) is 1. The van der Waals surface area contributed by atoms with Gasteiger partial charge in [0.2, 0.25) is 11.8 Å². The highest BCUT2D eigenvalue weighted by atomic mass is 32.2. The largest absolute Gasteiger partial charge is 0.353 e. The van der Waals surface area contributed by atoms with Gasteiger partial charge >= 0.3 is 0 Å². The van der Waals surface area contributed by atoms with E-state index in [-0.39, 0.29) is 11.8 Å². The lowest BCUT2D eigenvalue weighted by molar-refractivity contribution is -0.135. The standard InChI is InChI=1S/C18H33N3O2S/c1-24-15-14-20-10-12-21(13-11-20)18(23)9-8-17(22)19-16-6-4-2-3-5-7-16/h16H,2-15H2,1H3,(H,19,22). The second kappa shape index (κ2) is 11.0. The number of rotatable bonds is 7. The van der Waals surface area contributed by atoms with Gasteiger partial charge in [-0.25, -0.2) is 0 Å². The lowest BCUT2D eigenvalue weighted by atomic mass is 10.1. The van der Waals surface area contributed by atoms with Crippen molar-refractivity contribution in [3.05, 3.63) is 0 Å². The van der Waals surface area contributed by atoms with E-state index in [9.17, 15) is 9.59 Å². The van der Waals surface area contributed by atoms with Gasteiger partial charge in [-0.3, -0.25) is 14.5 Å². The Bertz CT molecular complexity index is 390. The van der Waals surface area contributed by atoms with Crippen LogP contribution in [0.3, 0.4) is 0 Å². The average Bonchev–Trinajstić information content (AvgIpc) is 2.87. The summed E-state index contributed by atoms with van der Waals surface area (Å²) in [6, 6.07) is 0.329. The van der Waals surface area contributed by atoms with Gasteiger partial charge in [-0.1, -0.05) is 25.7 Å². The van der Waals surface area contributed by atoms with Crippen LogP contribution in [0.2, 0.25) is 0 Å². The number of thioether (sulfide) groups is 1. The van der Waals surface area contributed by atoms with Crippen LogP contribution < -0.4 is 5.32 Å². The predicted octanol–water partition coefficient (Wildman–Crippen LogP) is 2.11. The molecule has 0 unspecified atom stereocenters. The number of amides is 2. The number of carbonyl (C=O) groups is 2. The Hall–Kier alpha value is -0.750. The van der Waals surface area contributed by atoms with Gasteiger partial charge in [-0.05, 0) is 19.1 Å². The second-order valence-electron chi connectivity index (χ2n) is 6.97. The number of piperazine rings is 1. The van der Waals surface area contributed by atoms with E-state index in [1.54, 1.807) is 0 Å². The van der Waals surface area contributed by atoms with Crippen LogP contribution in [0, 0.1) is 0 Å². The highest BCUT2D eigenvalue weighted by molar-refractivity contribution is 7.98. The molecule has 2 fully saturated rings. The van der Waals surface area contributed by atoms with Crippen molar-refractivity contribution < 1.29 is 9.59 Å². The third-order valence-corrected chi connectivity index (χ3v) is 5.71. The summed E-state index contributed by atoms with van der Waals surface area (Å²) in [5.74, 6) is 1.33. The Morgan fingerprint density at radius 2 is 1.67 bits per heavy atom. The molecule has 2 rings (SSSR count). The minimum absolute atomic E-state index is 0.0499. The van der Waals surface area contributed by atoms with Crippen LogP contribution in [0.4, 0.5) is 0 Å². The summed E-state index contributed by atoms with van der Waals surface area (Å²) in [6.45, 7) is 4.63. The van der Waals surface area contributed by atoms with Crippen molar-refractivity contribution in [1.29, 1.82) is 0 Å². The van der Waals surface area contributed by atoms with E-state index in [2.05, 4.69) is 16.5 Å². The number of nitrogens with one attached hydrogen (secondary N) is 1. The van der Waals surface area contributed by atoms with Crippen molar-refractivity contribution in [1.82, 2.24) is 15.1 Å². The van der Waals surface area contributed by atoms with E-state index >= 15 is 0 Å². The molecular weight excluding hydrogens is 322 g/mol. The second-order valence-corrected chi connectivity index (χ2v) is 7.96. The fourth-order valence-electron chi connectivity index (χ4n) is 3.54. The average molecular weight is 356 g/mol. The van der Waals surface area contributed by atoms with E-state index in [1.165, 1.54) is 25.7 Å². The zero-order chi connectivity index (χ0) is 17.2. The smallest absolute Gasteiger partial charge is 0.223 e. The van der Waals surface area contributed by atoms with Crippen LogP contribution in [0.25, 0.3) is 0 Å². The molecule has 6 heteroatoms. The van der Waals surface area contributed by atoms with Gasteiger partial charge in [0.1, 0.15) is 0 Å². The Morgan fingerprint density at radius 3 is 2.29 bits per heavy atom. The van der Waals surface area contributed by atoms with Crippen molar-refractivity contribution in [2.75, 3.05) is 44.7 Å². The van der Waals surface area contributed by atoms with Crippen LogP contribution in [-0.4, -0.2) is 72.4 Å². The van der Waals surface area contributed by atoms with Crippen molar-refractivity contribution in [2.45, 2.75) is 57.4 Å². The topological polar surface area (TPSA) is 52.7 Å². The van der Waals surface area contributed by atoms with Crippen LogP contribution in [0.5, 0.6) is 0 Å². The van der Waals surface area contributed by atoms with Gasteiger partial charge in [-0.15, -0.1) is 0 Å². The van der Waals surface area contributed by atoms with Crippen LogP contribution in [-0.2, 0) is 9.59 Å². The summed E-state index contributed by atoms with van der Waals surface area (Å²) >= 11 is 1.86. The van der Waals surface area contributed by atoms with E-state index in [0.29, 0.717) is 18.9 Å². The summed E-state index contributed by atoms with van der Waals surface area (Å²) in [5.41, 5.74) is 0. The molecule has 0 radical (unpaired) electrons. The number of hydrogen-bond acceptors (Lipinski definition) is 4. The molecule has 1 aliphatic carbocycles. The van der Waals surface area contributed by atoms with E-state index in [0.717, 1.165) is 51.3 Å². The molecule has 1 aliphatic heterocycles. The lowest BCUT2D eigenvalue weighted by Gasteiger charge is -2.34. The molecule has 0 aromatic rings. The van der Waals surface area contributed by atoms with Gasteiger partial charge in [0.15, 0.2) is 0 Å². The molecule has 0 aromatic heterocycles. The van der Waals surface area contributed by atoms with Crippen molar-refractivity contribution in [2.24, 2.45) is 0 Å². The van der Waals surface area contributed by atoms with Crippen molar-refractivity contribution in [3.63, 3.8) is 0 Å². The summed E-state index contributed by atoms with van der Waals surface area (Å²) in [5, 5.41) is 3.13. The predicted molar refractivity (Wildman–Crippen MR) is 100 cm³/mol. The Morgan fingerprint density at radius 1 is 1.00 bits per heavy atom. The first-order valence-electron chi connectivity index (χ1n) is 9.47. The molecule has 1 heterocycles. The summed E-state index contributed by atoms with van der Waals surface area (Å²) in [7, 11) is 0. The van der Waals surface area contributed by atoms with E-state index in [4.69, 9.17) is 0 Å². The zero-order valence-electron chi connectivity index (χ0n) is 15.1. The monoisotopic (exact) mass is 355 g/mol. The summed E-state index contributed by atoms with van der Waals surface area (Å²) in [6.07, 6.45) is 10.00. The highest BCUT2D eigenvalue weighted by Crippen LogP contribution is 2.17. The van der Waals surface area contributed by atoms with Crippen LogP contribution >= 0.6 is 11.8 Å². The maximum Gasteiger partial charge on any atom is 0.223 e. The number of nitrogens with zero attached hydrogens (tertiary/aromatic N) is 2. The quantitative estimate of drug-likeness (QED) is 0.711. The van der Waals surface area contributed by atoms with Gasteiger partial charge in [-0.2, -0.15) is 11.8 Å². The minimum Gasteiger partial charge on any atom is -0.353 e. The third-order valence-electron chi connectivity index (χ3n) is 5.12. The van der Waals surface area contributed by atoms with Gasteiger partial charge in [0.05, 0.1) is 0 Å². The Balaban J connectivity index is 1.61. The molecule has 1 saturated heterocycles. The minimum atomic E-state index is 0.0499. The van der Waals surface area contributed by atoms with Crippen molar-refractivity contribution >= 4 is 23.6 Å². The first kappa shape index (κ1) is 19.6. The van der Waals surface area contributed by atoms with E-state index < -0.39 is 0 Å². The first-order valence-corrected chi connectivity index (χ1v) is 10.9. The van der Waals surface area contributed by atoms with Gasteiger partial charge in [0, 0.05) is 57.4 Å². The molecule has 0 atom stereocenters. The molecule has 138 valence electrons. The molecule has 5 nitrogen and oxygen atoms in total. The molecule has 0 bridgehead atoms. The van der Waals surface area contributed by atoms with Crippen LogP contribution in [0.15, 0.2) is 0 Å². The van der Waals surface area contributed by atoms with Crippen molar-refractivity contribution in [3.8, 4) is 0 Å². The van der Waals surface area contributed by atoms with Crippen LogP contribution in [0.1, 0.15) is 51.4 Å². The SMILES string of the molecule is CSCCN1CCN(C(=O)CCC(=O)NC2CCCCCC2)CC1.